The van der Waals surface area contributed by atoms with Gasteiger partial charge in [0.05, 0.1) is 0 Å². The smallest absolute Gasteiger partial charge is 0.0268 e. The van der Waals surface area contributed by atoms with Gasteiger partial charge in [-0.3, -0.25) is 0 Å². The Hall–Kier alpha value is -0.170. The second-order valence-electron chi connectivity index (χ2n) is 3.13. The van der Waals surface area contributed by atoms with Crippen LogP contribution < -0.4 is 0 Å². The van der Waals surface area contributed by atoms with Crippen molar-refractivity contribution in [2.45, 2.75) is 38.2 Å². The van der Waals surface area contributed by atoms with Gasteiger partial charge in [-0.15, -0.1) is 0 Å². The summed E-state index contributed by atoms with van der Waals surface area (Å²) < 4.78 is 0. The Morgan fingerprint density at radius 1 is 1.18 bits per heavy atom. The van der Waals surface area contributed by atoms with Crippen molar-refractivity contribution < 1.29 is 0 Å². The minimum absolute atomic E-state index is 0.507. The minimum Gasteiger partial charge on any atom is -0.151 e. The van der Waals surface area contributed by atoms with Crippen molar-refractivity contribution in [2.75, 3.05) is 0 Å². The molecule has 0 rings (SSSR count). The lowest BCUT2D eigenvalue weighted by atomic mass is 10.1. The van der Waals surface area contributed by atoms with Gasteiger partial charge in [-0.2, -0.15) is 11.8 Å². The Morgan fingerprint density at radius 3 is 1.91 bits per heavy atom. The van der Waals surface area contributed by atoms with Crippen LogP contribution in [0.4, 0.5) is 0 Å². The highest BCUT2D eigenvalue weighted by atomic mass is 32.2. The quantitative estimate of drug-likeness (QED) is 0.580. The van der Waals surface area contributed by atoms with Crippen LogP contribution >= 0.6 is 11.8 Å². The van der Waals surface area contributed by atoms with Crippen LogP contribution in [-0.4, -0.2) is 10.5 Å². The standard InChI is InChI=1S/C10H18S/c1-7(2)9(5)10(6)11-8(3)4/h8,10H,1,5H2,2-4,6H3. The molecule has 1 unspecified atom stereocenters. The molecule has 0 spiro atoms. The van der Waals surface area contributed by atoms with Crippen LogP contribution in [0.5, 0.6) is 0 Å². The van der Waals surface area contributed by atoms with Crippen molar-refractivity contribution >= 4 is 11.8 Å². The van der Waals surface area contributed by atoms with Gasteiger partial charge in [0.15, 0.2) is 0 Å². The third kappa shape index (κ3) is 4.31. The van der Waals surface area contributed by atoms with Gasteiger partial charge in [-0.1, -0.05) is 32.6 Å². The molecule has 0 aromatic rings. The van der Waals surface area contributed by atoms with Gasteiger partial charge in [0, 0.05) is 5.25 Å². The van der Waals surface area contributed by atoms with Gasteiger partial charge >= 0.3 is 0 Å². The van der Waals surface area contributed by atoms with Crippen LogP contribution in [0, 0.1) is 0 Å². The maximum absolute atomic E-state index is 3.99. The van der Waals surface area contributed by atoms with Crippen molar-refractivity contribution in [1.82, 2.24) is 0 Å². The molecule has 0 aliphatic rings. The van der Waals surface area contributed by atoms with E-state index >= 15 is 0 Å². The molecule has 0 amide bonds. The second-order valence-corrected chi connectivity index (χ2v) is 5.05. The lowest BCUT2D eigenvalue weighted by molar-refractivity contribution is 1.07. The molecule has 0 aliphatic carbocycles. The van der Waals surface area contributed by atoms with Crippen LogP contribution in [0.25, 0.3) is 0 Å². The summed E-state index contributed by atoms with van der Waals surface area (Å²) in [4.78, 5) is 0. The Balaban J connectivity index is 3.93. The fraction of sp³-hybridized carbons (Fsp3) is 0.600. The fourth-order valence-electron chi connectivity index (χ4n) is 0.837. The Kier molecular flexibility index (Phi) is 4.58. The molecule has 64 valence electrons. The molecule has 1 heteroatoms. The van der Waals surface area contributed by atoms with E-state index in [4.69, 9.17) is 0 Å². The maximum atomic E-state index is 3.99. The van der Waals surface area contributed by atoms with Crippen molar-refractivity contribution in [3.8, 4) is 0 Å². The van der Waals surface area contributed by atoms with E-state index < -0.39 is 0 Å². The first-order chi connectivity index (χ1) is 4.95. The van der Waals surface area contributed by atoms with E-state index in [1.54, 1.807) is 0 Å². The highest BCUT2D eigenvalue weighted by Crippen LogP contribution is 2.25. The number of hydrogen-bond donors (Lipinski definition) is 0. The molecular formula is C10H18S. The molecule has 0 aliphatic heterocycles. The lowest BCUT2D eigenvalue weighted by Gasteiger charge is -2.16. The van der Waals surface area contributed by atoms with Gasteiger partial charge in [0.1, 0.15) is 0 Å². The Bertz CT molecular complexity index is 156. The van der Waals surface area contributed by atoms with Crippen molar-refractivity contribution in [3.05, 3.63) is 24.3 Å². The zero-order valence-electron chi connectivity index (χ0n) is 7.98. The van der Waals surface area contributed by atoms with Gasteiger partial charge in [-0.05, 0) is 24.7 Å². The minimum atomic E-state index is 0.507. The second kappa shape index (κ2) is 4.66. The molecule has 0 aromatic carbocycles. The zero-order valence-corrected chi connectivity index (χ0v) is 8.79. The molecule has 11 heavy (non-hydrogen) atoms. The van der Waals surface area contributed by atoms with E-state index in [1.165, 1.54) is 5.57 Å². The topological polar surface area (TPSA) is 0 Å². The highest BCUT2D eigenvalue weighted by Gasteiger charge is 2.08. The van der Waals surface area contributed by atoms with Crippen molar-refractivity contribution in [3.63, 3.8) is 0 Å². The van der Waals surface area contributed by atoms with Gasteiger partial charge in [-0.25, -0.2) is 0 Å². The SMILES string of the molecule is C=C(C)C(=C)C(C)SC(C)C. The molecule has 0 bridgehead atoms. The average Bonchev–Trinajstić information content (AvgIpc) is 1.84. The third-order valence-electron chi connectivity index (χ3n) is 1.52. The van der Waals surface area contributed by atoms with Gasteiger partial charge < -0.3 is 0 Å². The van der Waals surface area contributed by atoms with Crippen LogP contribution in [0.3, 0.4) is 0 Å². The van der Waals surface area contributed by atoms with Gasteiger partial charge in [0.2, 0.25) is 0 Å². The Labute approximate surface area is 74.8 Å². The average molecular weight is 170 g/mol. The predicted molar refractivity (Wildman–Crippen MR) is 56.1 cm³/mol. The van der Waals surface area contributed by atoms with E-state index in [0.29, 0.717) is 10.5 Å². The van der Waals surface area contributed by atoms with Gasteiger partial charge in [0.25, 0.3) is 0 Å². The fourth-order valence-corrected chi connectivity index (χ4v) is 2.02. The molecule has 0 radical (unpaired) electrons. The largest absolute Gasteiger partial charge is 0.151 e. The van der Waals surface area contributed by atoms with E-state index in [-0.39, 0.29) is 0 Å². The van der Waals surface area contributed by atoms with Crippen molar-refractivity contribution in [2.24, 2.45) is 0 Å². The molecule has 0 nitrogen and oxygen atoms in total. The number of allylic oxidation sites excluding steroid dienone is 1. The summed E-state index contributed by atoms with van der Waals surface area (Å²) in [6.07, 6.45) is 0. The summed E-state index contributed by atoms with van der Waals surface area (Å²) >= 11 is 1.93. The maximum Gasteiger partial charge on any atom is 0.0268 e. The Morgan fingerprint density at radius 2 is 1.64 bits per heavy atom. The van der Waals surface area contributed by atoms with Crippen LogP contribution in [0.1, 0.15) is 27.7 Å². The monoisotopic (exact) mass is 170 g/mol. The van der Waals surface area contributed by atoms with E-state index in [0.717, 1.165) is 5.57 Å². The van der Waals surface area contributed by atoms with Crippen molar-refractivity contribution in [1.29, 1.82) is 0 Å². The third-order valence-corrected chi connectivity index (χ3v) is 2.75. The van der Waals surface area contributed by atoms with E-state index in [2.05, 4.69) is 33.9 Å². The molecule has 0 aromatic heterocycles. The summed E-state index contributed by atoms with van der Waals surface area (Å²) in [7, 11) is 0. The normalized spacial score (nSPS) is 13.2. The molecule has 0 N–H and O–H groups in total. The van der Waals surface area contributed by atoms with E-state index in [1.807, 2.05) is 18.7 Å². The summed E-state index contributed by atoms with van der Waals surface area (Å²) in [5.74, 6) is 0. The zero-order chi connectivity index (χ0) is 9.02. The molecule has 1 atom stereocenters. The molecule has 0 saturated heterocycles. The van der Waals surface area contributed by atoms with E-state index in [9.17, 15) is 0 Å². The molecule has 0 fully saturated rings. The number of rotatable bonds is 4. The summed E-state index contributed by atoms with van der Waals surface area (Å²) in [6.45, 7) is 16.5. The van der Waals surface area contributed by atoms with Crippen LogP contribution in [0.15, 0.2) is 24.3 Å². The first kappa shape index (κ1) is 10.8. The molecule has 0 heterocycles. The van der Waals surface area contributed by atoms with Crippen LogP contribution in [0.2, 0.25) is 0 Å². The highest BCUT2D eigenvalue weighted by molar-refractivity contribution is 8.00. The lowest BCUT2D eigenvalue weighted by Crippen LogP contribution is -2.04. The molecule has 0 saturated carbocycles. The first-order valence-electron chi connectivity index (χ1n) is 3.95. The number of hydrogen-bond acceptors (Lipinski definition) is 1. The molecular weight excluding hydrogens is 152 g/mol. The number of thioether (sulfide) groups is 1. The first-order valence-corrected chi connectivity index (χ1v) is 4.89. The summed E-state index contributed by atoms with van der Waals surface area (Å²) in [5, 5.41) is 1.17. The van der Waals surface area contributed by atoms with Crippen LogP contribution in [-0.2, 0) is 0 Å². The summed E-state index contributed by atoms with van der Waals surface area (Å²) in [6, 6.07) is 0. The summed E-state index contributed by atoms with van der Waals surface area (Å²) in [5.41, 5.74) is 2.27. The predicted octanol–water partition coefficient (Wildman–Crippen LogP) is 3.65.